The van der Waals surface area contributed by atoms with Crippen LogP contribution in [0, 0.1) is 0 Å². The van der Waals surface area contributed by atoms with Crippen LogP contribution in [0.3, 0.4) is 0 Å². The lowest BCUT2D eigenvalue weighted by atomic mass is 9.88. The largest absolute Gasteiger partial charge is 0.490 e. The summed E-state index contributed by atoms with van der Waals surface area (Å²) in [5.41, 5.74) is 2.26. The summed E-state index contributed by atoms with van der Waals surface area (Å²) in [6.45, 7) is 2.96. The topological polar surface area (TPSA) is 84.2 Å². The summed E-state index contributed by atoms with van der Waals surface area (Å²) >= 11 is 3.66. The lowest BCUT2D eigenvalue weighted by molar-refractivity contribution is 0.174. The second kappa shape index (κ2) is 11.7. The number of nitrogens with zero attached hydrogens (tertiary/aromatic N) is 3. The van der Waals surface area contributed by atoms with Crippen LogP contribution in [-0.4, -0.2) is 29.3 Å². The van der Waals surface area contributed by atoms with Crippen LogP contribution in [0.15, 0.2) is 69.0 Å². The van der Waals surface area contributed by atoms with Crippen molar-refractivity contribution in [2.75, 3.05) is 13.4 Å². The first-order valence-electron chi connectivity index (χ1n) is 13.6. The zero-order valence-electron chi connectivity index (χ0n) is 22.3. The molecule has 40 heavy (non-hydrogen) atoms. The van der Waals surface area contributed by atoms with Crippen molar-refractivity contribution in [3.05, 3.63) is 86.4 Å². The minimum absolute atomic E-state index is 0.160. The van der Waals surface area contributed by atoms with Crippen molar-refractivity contribution in [1.82, 2.24) is 9.66 Å². The van der Waals surface area contributed by atoms with E-state index in [9.17, 15) is 4.79 Å². The molecule has 0 N–H and O–H groups in total. The smallest absolute Gasteiger partial charge is 0.282 e. The highest BCUT2D eigenvalue weighted by atomic mass is 79.9. The second-order valence-corrected chi connectivity index (χ2v) is 10.8. The maximum atomic E-state index is 13.5. The number of rotatable bonds is 8. The summed E-state index contributed by atoms with van der Waals surface area (Å²) in [5, 5.41) is 5.24. The monoisotopic (exact) mass is 603 g/mol. The SMILES string of the molecule is CCOc1cc(C=Nn2c(C3CCCCC3)nc3ccccc3c2=O)c(Br)cc1OCc1ccc2c(c1)OCO2. The summed E-state index contributed by atoms with van der Waals surface area (Å²) in [4.78, 5) is 18.5. The average Bonchev–Trinajstić information content (AvgIpc) is 3.46. The van der Waals surface area contributed by atoms with Gasteiger partial charge >= 0.3 is 0 Å². The number of aromatic nitrogens is 2. The van der Waals surface area contributed by atoms with E-state index in [1.165, 1.54) is 11.1 Å². The van der Waals surface area contributed by atoms with Crippen molar-refractivity contribution < 1.29 is 18.9 Å². The molecule has 9 heteroatoms. The van der Waals surface area contributed by atoms with Crippen molar-refractivity contribution in [2.45, 2.75) is 51.6 Å². The first-order chi connectivity index (χ1) is 19.6. The third-order valence-corrected chi connectivity index (χ3v) is 7.94. The molecular formula is C31H30BrN3O5. The molecule has 0 unspecified atom stereocenters. The zero-order chi connectivity index (χ0) is 27.5. The number of ether oxygens (including phenoxy) is 4. The van der Waals surface area contributed by atoms with Gasteiger partial charge in [0.25, 0.3) is 5.56 Å². The minimum Gasteiger partial charge on any atom is -0.490 e. The van der Waals surface area contributed by atoms with Gasteiger partial charge in [0.2, 0.25) is 6.79 Å². The number of hydrogen-bond donors (Lipinski definition) is 0. The van der Waals surface area contributed by atoms with Gasteiger partial charge in [0, 0.05) is 16.0 Å². The molecular weight excluding hydrogens is 574 g/mol. The fourth-order valence-corrected chi connectivity index (χ4v) is 5.64. The molecule has 0 spiro atoms. The molecule has 4 aromatic rings. The Morgan fingerprint density at radius 1 is 1.02 bits per heavy atom. The number of benzene rings is 3. The van der Waals surface area contributed by atoms with Crippen LogP contribution in [0.25, 0.3) is 10.9 Å². The Morgan fingerprint density at radius 2 is 1.82 bits per heavy atom. The number of para-hydroxylation sites is 1. The summed E-state index contributed by atoms with van der Waals surface area (Å²) in [6.07, 6.45) is 7.18. The molecule has 6 rings (SSSR count). The van der Waals surface area contributed by atoms with Gasteiger partial charge in [0.1, 0.15) is 12.4 Å². The van der Waals surface area contributed by atoms with Crippen LogP contribution in [0.2, 0.25) is 0 Å². The van der Waals surface area contributed by atoms with Gasteiger partial charge in [-0.25, -0.2) is 4.98 Å². The van der Waals surface area contributed by atoms with Crippen molar-refractivity contribution in [3.63, 3.8) is 0 Å². The second-order valence-electron chi connectivity index (χ2n) is 9.91. The van der Waals surface area contributed by atoms with Crippen LogP contribution < -0.4 is 24.5 Å². The molecule has 1 fully saturated rings. The first kappa shape index (κ1) is 26.4. The van der Waals surface area contributed by atoms with Gasteiger partial charge in [-0.2, -0.15) is 9.78 Å². The van der Waals surface area contributed by atoms with Crippen molar-refractivity contribution in [2.24, 2.45) is 5.10 Å². The molecule has 0 radical (unpaired) electrons. The molecule has 2 heterocycles. The maximum absolute atomic E-state index is 13.5. The maximum Gasteiger partial charge on any atom is 0.282 e. The summed E-state index contributed by atoms with van der Waals surface area (Å²) in [6, 6.07) is 16.9. The van der Waals surface area contributed by atoms with Gasteiger partial charge < -0.3 is 18.9 Å². The molecule has 0 bridgehead atoms. The van der Waals surface area contributed by atoms with Gasteiger partial charge in [0.15, 0.2) is 23.0 Å². The van der Waals surface area contributed by atoms with E-state index >= 15 is 0 Å². The first-order valence-corrected chi connectivity index (χ1v) is 14.4. The van der Waals surface area contributed by atoms with E-state index in [1.54, 1.807) is 12.3 Å². The number of fused-ring (bicyclic) bond motifs is 2. The van der Waals surface area contributed by atoms with Crippen molar-refractivity contribution in [1.29, 1.82) is 0 Å². The Labute approximate surface area is 240 Å². The van der Waals surface area contributed by atoms with Crippen molar-refractivity contribution >= 4 is 33.0 Å². The molecule has 3 aromatic carbocycles. The summed E-state index contributed by atoms with van der Waals surface area (Å²) in [7, 11) is 0. The van der Waals surface area contributed by atoms with E-state index in [1.807, 2.05) is 55.5 Å². The van der Waals surface area contributed by atoms with Crippen LogP contribution in [0.1, 0.15) is 61.9 Å². The fraction of sp³-hybridized carbons (Fsp3) is 0.323. The van der Waals surface area contributed by atoms with E-state index in [4.69, 9.17) is 23.9 Å². The van der Waals surface area contributed by atoms with Crippen LogP contribution in [0.5, 0.6) is 23.0 Å². The lowest BCUT2D eigenvalue weighted by Gasteiger charge is -2.22. The standard InChI is InChI=1S/C31H30BrN3O5/c1-2-37-28-15-22(24(32)16-29(28)38-18-20-12-13-26-27(14-20)40-19-39-26)17-33-35-30(21-8-4-3-5-9-21)34-25-11-7-6-10-23(25)31(35)36/h6-7,10-17,21H,2-5,8-9,18-19H2,1H3. The Hall–Kier alpha value is -3.85. The number of halogens is 1. The predicted octanol–water partition coefficient (Wildman–Crippen LogP) is 6.80. The molecule has 2 aliphatic rings. The third kappa shape index (κ3) is 5.43. The van der Waals surface area contributed by atoms with E-state index in [0.717, 1.165) is 52.9 Å². The van der Waals surface area contributed by atoms with Crippen LogP contribution in [0.4, 0.5) is 0 Å². The molecule has 0 amide bonds. The lowest BCUT2D eigenvalue weighted by Crippen LogP contribution is -2.25. The highest BCUT2D eigenvalue weighted by Crippen LogP contribution is 2.36. The number of hydrogen-bond acceptors (Lipinski definition) is 7. The molecule has 1 saturated carbocycles. The third-order valence-electron chi connectivity index (χ3n) is 7.26. The molecule has 0 saturated heterocycles. The molecule has 0 atom stereocenters. The molecule has 1 aromatic heterocycles. The van der Waals surface area contributed by atoms with E-state index in [0.29, 0.717) is 41.4 Å². The van der Waals surface area contributed by atoms with Gasteiger partial charge in [0.05, 0.1) is 23.7 Å². The highest BCUT2D eigenvalue weighted by Gasteiger charge is 2.22. The van der Waals surface area contributed by atoms with E-state index in [2.05, 4.69) is 21.0 Å². The van der Waals surface area contributed by atoms with Gasteiger partial charge in [-0.1, -0.05) is 37.5 Å². The zero-order valence-corrected chi connectivity index (χ0v) is 23.9. The van der Waals surface area contributed by atoms with E-state index in [-0.39, 0.29) is 18.3 Å². The van der Waals surface area contributed by atoms with Crippen LogP contribution >= 0.6 is 15.9 Å². The highest BCUT2D eigenvalue weighted by molar-refractivity contribution is 9.10. The quantitative estimate of drug-likeness (QED) is 0.206. The molecule has 8 nitrogen and oxygen atoms in total. The minimum atomic E-state index is -0.160. The fourth-order valence-electron chi connectivity index (χ4n) is 5.22. The van der Waals surface area contributed by atoms with Gasteiger partial charge in [-0.15, -0.1) is 0 Å². The molecule has 1 aliphatic heterocycles. The predicted molar refractivity (Wildman–Crippen MR) is 157 cm³/mol. The molecule has 1 aliphatic carbocycles. The Kier molecular flexibility index (Phi) is 7.73. The Bertz CT molecular complexity index is 1630. The summed E-state index contributed by atoms with van der Waals surface area (Å²) < 4.78 is 25.2. The normalized spacial score (nSPS) is 15.2. The Morgan fingerprint density at radius 3 is 2.67 bits per heavy atom. The van der Waals surface area contributed by atoms with E-state index < -0.39 is 0 Å². The molecule has 206 valence electrons. The average molecular weight is 605 g/mol. The van der Waals surface area contributed by atoms with Crippen molar-refractivity contribution in [3.8, 4) is 23.0 Å². The Balaban J connectivity index is 1.31. The van der Waals surface area contributed by atoms with Gasteiger partial charge in [-0.3, -0.25) is 4.79 Å². The van der Waals surface area contributed by atoms with Gasteiger partial charge in [-0.05, 0) is 77.7 Å². The van der Waals surface area contributed by atoms with Crippen LogP contribution in [-0.2, 0) is 6.61 Å². The summed E-state index contributed by atoms with van der Waals surface area (Å²) in [5.74, 6) is 3.56.